The Bertz CT molecular complexity index is 949. The first kappa shape index (κ1) is 24.9. The van der Waals surface area contributed by atoms with Crippen LogP contribution in [0.2, 0.25) is 15.1 Å². The van der Waals surface area contributed by atoms with Gasteiger partial charge in [-0.25, -0.2) is 0 Å². The molecule has 0 amide bonds. The maximum Gasteiger partial charge on any atom is 0.106 e. The first-order valence-corrected chi connectivity index (χ1v) is 12.9. The number of aliphatic hydroxyl groups excluding tert-OH is 1. The molecule has 4 N–H and O–H groups in total. The van der Waals surface area contributed by atoms with Crippen molar-refractivity contribution in [3.63, 3.8) is 0 Å². The van der Waals surface area contributed by atoms with Gasteiger partial charge in [0, 0.05) is 47.3 Å². The van der Waals surface area contributed by atoms with Crippen LogP contribution in [0.15, 0.2) is 36.4 Å². The number of nitrogens with one attached hydrogen (secondary N) is 1. The van der Waals surface area contributed by atoms with Gasteiger partial charge in [0.15, 0.2) is 0 Å². The molecule has 4 rings (SSSR count). The van der Waals surface area contributed by atoms with Crippen molar-refractivity contribution >= 4 is 46.2 Å². The molecule has 0 aromatic heterocycles. The fraction of sp³-hybridized carbons (Fsp3) is 0.520. The molecule has 2 fully saturated rings. The Morgan fingerprint density at radius 1 is 1.00 bits per heavy atom. The molecular formula is C25H33Cl3N4O. The van der Waals surface area contributed by atoms with Gasteiger partial charge < -0.3 is 21.1 Å². The highest BCUT2D eigenvalue weighted by Crippen LogP contribution is 2.34. The van der Waals surface area contributed by atoms with Crippen molar-refractivity contribution in [3.05, 3.63) is 57.0 Å². The largest absolute Gasteiger partial charge is 0.379 e. The molecule has 2 saturated heterocycles. The van der Waals surface area contributed by atoms with Crippen LogP contribution in [0.5, 0.6) is 0 Å². The molecule has 0 saturated carbocycles. The normalized spacial score (nSPS) is 22.2. The summed E-state index contributed by atoms with van der Waals surface area (Å²) in [4.78, 5) is 4.96. The highest BCUT2D eigenvalue weighted by molar-refractivity contribution is 6.35. The van der Waals surface area contributed by atoms with Crippen LogP contribution in [0.3, 0.4) is 0 Å². The van der Waals surface area contributed by atoms with Crippen molar-refractivity contribution in [3.8, 4) is 0 Å². The van der Waals surface area contributed by atoms with Gasteiger partial charge in [-0.15, -0.1) is 0 Å². The number of halogens is 3. The van der Waals surface area contributed by atoms with Crippen LogP contribution >= 0.6 is 34.8 Å². The number of benzene rings is 2. The van der Waals surface area contributed by atoms with Crippen LogP contribution < -0.4 is 16.0 Å². The Morgan fingerprint density at radius 3 is 2.45 bits per heavy atom. The highest BCUT2D eigenvalue weighted by Gasteiger charge is 2.30. The maximum atomic E-state index is 9.81. The molecule has 2 aliphatic rings. The Labute approximate surface area is 211 Å². The van der Waals surface area contributed by atoms with Gasteiger partial charge in [-0.3, -0.25) is 4.90 Å². The molecule has 3 atom stereocenters. The van der Waals surface area contributed by atoms with E-state index in [0.29, 0.717) is 21.1 Å². The van der Waals surface area contributed by atoms with E-state index < -0.39 is 6.23 Å². The maximum absolute atomic E-state index is 9.81. The average Bonchev–Trinajstić information content (AvgIpc) is 2.80. The smallest absolute Gasteiger partial charge is 0.106 e. The van der Waals surface area contributed by atoms with E-state index in [1.807, 2.05) is 18.2 Å². The standard InChI is InChI=1S/C25H33Cl3N4O/c1-16(21-6-4-18(26)13-23(21)28)30-24-14-20(5-7-22(24)27)31-11-8-19(9-12-31)32-10-2-3-17(15-32)25(29)33/h4-7,13-14,16-17,19,25,30,33H,2-3,8-12,15,29H2,1H3. The lowest BCUT2D eigenvalue weighted by atomic mass is 9.93. The third-order valence-electron chi connectivity index (χ3n) is 7.07. The monoisotopic (exact) mass is 510 g/mol. The molecule has 0 radical (unpaired) electrons. The Morgan fingerprint density at radius 2 is 1.76 bits per heavy atom. The third-order valence-corrected chi connectivity index (χ3v) is 7.96. The minimum absolute atomic E-state index is 0.0156. The van der Waals surface area contributed by atoms with Gasteiger partial charge in [-0.2, -0.15) is 0 Å². The molecule has 33 heavy (non-hydrogen) atoms. The van der Waals surface area contributed by atoms with Gasteiger partial charge in [-0.05, 0) is 75.0 Å². The molecule has 8 heteroatoms. The number of likely N-dealkylation sites (tertiary alicyclic amines) is 1. The van der Waals surface area contributed by atoms with E-state index in [-0.39, 0.29) is 12.0 Å². The van der Waals surface area contributed by atoms with Crippen molar-refractivity contribution in [2.24, 2.45) is 11.7 Å². The Balaban J connectivity index is 1.39. The topological polar surface area (TPSA) is 64.8 Å². The summed E-state index contributed by atoms with van der Waals surface area (Å²) in [6, 6.07) is 12.3. The summed E-state index contributed by atoms with van der Waals surface area (Å²) in [7, 11) is 0. The molecule has 3 unspecified atom stereocenters. The van der Waals surface area contributed by atoms with E-state index in [0.717, 1.165) is 63.1 Å². The third kappa shape index (κ3) is 6.08. The summed E-state index contributed by atoms with van der Waals surface area (Å²) >= 11 is 19.0. The van der Waals surface area contributed by atoms with Gasteiger partial charge in [0.2, 0.25) is 0 Å². The molecular weight excluding hydrogens is 479 g/mol. The van der Waals surface area contributed by atoms with E-state index in [1.54, 1.807) is 6.07 Å². The van der Waals surface area contributed by atoms with E-state index in [1.165, 1.54) is 5.69 Å². The number of hydrogen-bond donors (Lipinski definition) is 3. The van der Waals surface area contributed by atoms with Gasteiger partial charge >= 0.3 is 0 Å². The van der Waals surface area contributed by atoms with Crippen LogP contribution in [-0.2, 0) is 0 Å². The molecule has 2 aromatic rings. The van der Waals surface area contributed by atoms with Crippen LogP contribution in [0.1, 0.15) is 44.2 Å². The molecule has 2 aromatic carbocycles. The lowest BCUT2D eigenvalue weighted by Crippen LogP contribution is -2.51. The minimum Gasteiger partial charge on any atom is -0.379 e. The Hall–Kier alpha value is -1.21. The average molecular weight is 512 g/mol. The summed E-state index contributed by atoms with van der Waals surface area (Å²) in [6.45, 7) is 6.07. The summed E-state index contributed by atoms with van der Waals surface area (Å²) in [5, 5.41) is 15.3. The van der Waals surface area contributed by atoms with Gasteiger partial charge in [-0.1, -0.05) is 40.9 Å². The first-order valence-electron chi connectivity index (χ1n) is 11.8. The van der Waals surface area contributed by atoms with Crippen LogP contribution in [0.25, 0.3) is 0 Å². The summed E-state index contributed by atoms with van der Waals surface area (Å²) in [5.41, 5.74) is 8.80. The number of hydrogen-bond acceptors (Lipinski definition) is 5. The second-order valence-electron chi connectivity index (χ2n) is 9.30. The predicted molar refractivity (Wildman–Crippen MR) is 140 cm³/mol. The van der Waals surface area contributed by atoms with Gasteiger partial charge in [0.25, 0.3) is 0 Å². The van der Waals surface area contributed by atoms with Crippen LogP contribution in [0.4, 0.5) is 11.4 Å². The minimum atomic E-state index is -0.710. The number of anilines is 2. The SMILES string of the molecule is CC(Nc1cc(N2CCC(N3CCCC(C(N)O)C3)CC2)ccc1Cl)c1ccc(Cl)cc1Cl. The van der Waals surface area contributed by atoms with E-state index in [4.69, 9.17) is 40.5 Å². The summed E-state index contributed by atoms with van der Waals surface area (Å²) in [6.07, 6.45) is 3.64. The second kappa shape index (κ2) is 11.0. The fourth-order valence-corrected chi connectivity index (χ4v) is 5.87. The predicted octanol–water partition coefficient (Wildman–Crippen LogP) is 5.78. The zero-order valence-corrected chi connectivity index (χ0v) is 21.3. The van der Waals surface area contributed by atoms with Crippen LogP contribution in [0, 0.1) is 5.92 Å². The molecule has 2 aliphatic heterocycles. The van der Waals surface area contributed by atoms with Gasteiger partial charge in [0.05, 0.1) is 16.8 Å². The van der Waals surface area contributed by atoms with E-state index in [9.17, 15) is 5.11 Å². The van der Waals surface area contributed by atoms with Gasteiger partial charge in [0.1, 0.15) is 6.23 Å². The molecule has 0 aliphatic carbocycles. The highest BCUT2D eigenvalue weighted by atomic mass is 35.5. The summed E-state index contributed by atoms with van der Waals surface area (Å²) in [5.74, 6) is 0.192. The lowest BCUT2D eigenvalue weighted by molar-refractivity contribution is 0.0327. The lowest BCUT2D eigenvalue weighted by Gasteiger charge is -2.43. The number of nitrogens with zero attached hydrogens (tertiary/aromatic N) is 2. The quantitative estimate of drug-likeness (QED) is 0.429. The van der Waals surface area contributed by atoms with E-state index in [2.05, 4.69) is 34.2 Å². The molecule has 5 nitrogen and oxygen atoms in total. The molecule has 180 valence electrons. The zero-order chi connectivity index (χ0) is 23.5. The van der Waals surface area contributed by atoms with Crippen molar-refractivity contribution in [1.29, 1.82) is 0 Å². The fourth-order valence-electron chi connectivity index (χ4n) is 5.12. The number of rotatable bonds is 6. The molecule has 2 heterocycles. The van der Waals surface area contributed by atoms with Crippen molar-refractivity contribution in [2.45, 2.75) is 50.9 Å². The summed E-state index contributed by atoms with van der Waals surface area (Å²) < 4.78 is 0. The molecule has 0 spiro atoms. The van der Waals surface area contributed by atoms with E-state index >= 15 is 0 Å². The number of aliphatic hydroxyl groups is 1. The zero-order valence-electron chi connectivity index (χ0n) is 19.0. The van der Waals surface area contributed by atoms with Crippen molar-refractivity contribution in [1.82, 2.24) is 4.90 Å². The number of piperidine rings is 2. The molecule has 0 bridgehead atoms. The number of nitrogens with two attached hydrogens (primary N) is 1. The van der Waals surface area contributed by atoms with Crippen LogP contribution in [-0.4, -0.2) is 48.5 Å². The first-order chi connectivity index (χ1) is 15.8. The second-order valence-corrected chi connectivity index (χ2v) is 10.6. The van der Waals surface area contributed by atoms with Crippen molar-refractivity contribution < 1.29 is 5.11 Å². The van der Waals surface area contributed by atoms with Crippen molar-refractivity contribution in [2.75, 3.05) is 36.4 Å². The Kier molecular flexibility index (Phi) is 8.32.